The van der Waals surface area contributed by atoms with Crippen molar-refractivity contribution in [3.8, 4) is 0 Å². The Morgan fingerprint density at radius 3 is 2.88 bits per heavy atom. The summed E-state index contributed by atoms with van der Waals surface area (Å²) in [7, 11) is 0. The quantitative estimate of drug-likeness (QED) is 0.408. The molecule has 0 aromatic heterocycles. The SMILES string of the molecule is CCOC(=O)/C=C\N. The lowest BCUT2D eigenvalue weighted by Crippen LogP contribution is -1.99. The Morgan fingerprint density at radius 1 is 1.88 bits per heavy atom. The lowest BCUT2D eigenvalue weighted by molar-refractivity contribution is -0.137. The summed E-state index contributed by atoms with van der Waals surface area (Å²) >= 11 is 0. The maximum Gasteiger partial charge on any atom is 0.332 e. The van der Waals surface area contributed by atoms with E-state index in [1.165, 1.54) is 6.08 Å². The Kier molecular flexibility index (Phi) is 3.66. The molecule has 8 heavy (non-hydrogen) atoms. The average molecular weight is 115 g/mol. The van der Waals surface area contributed by atoms with Crippen molar-refractivity contribution in [3.05, 3.63) is 12.3 Å². The molecule has 46 valence electrons. The van der Waals surface area contributed by atoms with Crippen LogP contribution >= 0.6 is 0 Å². The van der Waals surface area contributed by atoms with E-state index in [0.29, 0.717) is 6.61 Å². The summed E-state index contributed by atoms with van der Waals surface area (Å²) in [6.07, 6.45) is 2.32. The summed E-state index contributed by atoms with van der Waals surface area (Å²) < 4.78 is 4.48. The summed E-state index contributed by atoms with van der Waals surface area (Å²) in [6.45, 7) is 2.13. The monoisotopic (exact) mass is 115 g/mol. The molecule has 0 atom stereocenters. The molecule has 0 radical (unpaired) electrons. The molecule has 0 bridgehead atoms. The van der Waals surface area contributed by atoms with Gasteiger partial charge in [0.1, 0.15) is 0 Å². The van der Waals surface area contributed by atoms with Gasteiger partial charge >= 0.3 is 5.97 Å². The zero-order chi connectivity index (χ0) is 6.41. The van der Waals surface area contributed by atoms with Gasteiger partial charge in [0.25, 0.3) is 0 Å². The summed E-state index contributed by atoms with van der Waals surface area (Å²) in [5.41, 5.74) is 4.88. The first-order chi connectivity index (χ1) is 3.81. The van der Waals surface area contributed by atoms with Crippen LogP contribution in [0.15, 0.2) is 12.3 Å². The predicted octanol–water partition coefficient (Wildman–Crippen LogP) is 0.0219. The van der Waals surface area contributed by atoms with Gasteiger partial charge in [-0.3, -0.25) is 0 Å². The van der Waals surface area contributed by atoms with E-state index < -0.39 is 5.97 Å². The molecule has 0 aliphatic carbocycles. The van der Waals surface area contributed by atoms with Gasteiger partial charge in [-0.15, -0.1) is 0 Å². The van der Waals surface area contributed by atoms with Crippen LogP contribution in [0, 0.1) is 0 Å². The number of carbonyl (C=O) groups excluding carboxylic acids is 1. The van der Waals surface area contributed by atoms with Crippen LogP contribution in [0.25, 0.3) is 0 Å². The third-order valence-corrected chi connectivity index (χ3v) is 0.519. The normalized spacial score (nSPS) is 9.62. The van der Waals surface area contributed by atoms with E-state index in [1.54, 1.807) is 6.92 Å². The molecular formula is C5H9NO2. The lowest BCUT2D eigenvalue weighted by atomic mass is 10.6. The van der Waals surface area contributed by atoms with Crippen molar-refractivity contribution in [1.29, 1.82) is 0 Å². The second-order valence-electron chi connectivity index (χ2n) is 1.11. The van der Waals surface area contributed by atoms with Crippen molar-refractivity contribution >= 4 is 5.97 Å². The van der Waals surface area contributed by atoms with E-state index in [0.717, 1.165) is 6.20 Å². The first-order valence-corrected chi connectivity index (χ1v) is 2.36. The fourth-order valence-electron chi connectivity index (χ4n) is 0.269. The molecule has 2 N–H and O–H groups in total. The van der Waals surface area contributed by atoms with Gasteiger partial charge in [-0.2, -0.15) is 0 Å². The van der Waals surface area contributed by atoms with Crippen LogP contribution in [0.5, 0.6) is 0 Å². The lowest BCUT2D eigenvalue weighted by Gasteiger charge is -1.91. The second kappa shape index (κ2) is 4.18. The third kappa shape index (κ3) is 3.21. The van der Waals surface area contributed by atoms with Crippen molar-refractivity contribution in [3.63, 3.8) is 0 Å². The van der Waals surface area contributed by atoms with Crippen LogP contribution in [0.4, 0.5) is 0 Å². The average Bonchev–Trinajstić information content (AvgIpc) is 1.68. The molecular weight excluding hydrogens is 106 g/mol. The van der Waals surface area contributed by atoms with E-state index in [1.807, 2.05) is 0 Å². The summed E-state index contributed by atoms with van der Waals surface area (Å²) in [4.78, 5) is 10.3. The molecule has 0 aromatic rings. The van der Waals surface area contributed by atoms with E-state index in [4.69, 9.17) is 5.73 Å². The topological polar surface area (TPSA) is 52.3 Å². The smallest absolute Gasteiger partial charge is 0.332 e. The largest absolute Gasteiger partial charge is 0.463 e. The van der Waals surface area contributed by atoms with Crippen molar-refractivity contribution in [1.82, 2.24) is 0 Å². The number of carbonyl (C=O) groups is 1. The van der Waals surface area contributed by atoms with Crippen LogP contribution in [-0.2, 0) is 9.53 Å². The van der Waals surface area contributed by atoms with Crippen LogP contribution in [0.2, 0.25) is 0 Å². The molecule has 0 saturated carbocycles. The van der Waals surface area contributed by atoms with Crippen LogP contribution in [-0.4, -0.2) is 12.6 Å². The van der Waals surface area contributed by atoms with Crippen LogP contribution < -0.4 is 5.73 Å². The second-order valence-corrected chi connectivity index (χ2v) is 1.11. The minimum atomic E-state index is -0.394. The molecule has 0 spiro atoms. The maximum absolute atomic E-state index is 10.3. The highest BCUT2D eigenvalue weighted by Crippen LogP contribution is 1.76. The Labute approximate surface area is 48.1 Å². The summed E-state index contributed by atoms with van der Waals surface area (Å²) in [6, 6.07) is 0. The van der Waals surface area contributed by atoms with Crippen molar-refractivity contribution in [2.24, 2.45) is 5.73 Å². The molecule has 0 rings (SSSR count). The van der Waals surface area contributed by atoms with E-state index in [2.05, 4.69) is 4.74 Å². The van der Waals surface area contributed by atoms with Crippen LogP contribution in [0.3, 0.4) is 0 Å². The highest BCUT2D eigenvalue weighted by Gasteiger charge is 1.88. The minimum absolute atomic E-state index is 0.392. The van der Waals surface area contributed by atoms with Gasteiger partial charge < -0.3 is 10.5 Å². The standard InChI is InChI=1S/C5H9NO2/c1-2-8-5(7)3-4-6/h3-4H,2,6H2,1H3/b4-3-. The summed E-state index contributed by atoms with van der Waals surface area (Å²) in [5, 5.41) is 0. The Morgan fingerprint density at radius 2 is 2.50 bits per heavy atom. The third-order valence-electron chi connectivity index (χ3n) is 0.519. The molecule has 0 aromatic carbocycles. The van der Waals surface area contributed by atoms with Gasteiger partial charge in [0.05, 0.1) is 6.61 Å². The fraction of sp³-hybridized carbons (Fsp3) is 0.400. The molecule has 3 heteroatoms. The fourth-order valence-corrected chi connectivity index (χ4v) is 0.269. The first-order valence-electron chi connectivity index (χ1n) is 2.36. The Hall–Kier alpha value is -0.990. The molecule has 0 fully saturated rings. The van der Waals surface area contributed by atoms with E-state index in [-0.39, 0.29) is 0 Å². The first kappa shape index (κ1) is 7.01. The number of nitrogens with two attached hydrogens (primary N) is 1. The molecule has 3 nitrogen and oxygen atoms in total. The Balaban J connectivity index is 3.33. The predicted molar refractivity (Wildman–Crippen MR) is 30.0 cm³/mol. The molecule has 0 aliphatic rings. The van der Waals surface area contributed by atoms with Crippen molar-refractivity contribution < 1.29 is 9.53 Å². The zero-order valence-corrected chi connectivity index (χ0v) is 4.76. The number of ether oxygens (including phenoxy) is 1. The van der Waals surface area contributed by atoms with Gasteiger partial charge in [0, 0.05) is 12.3 Å². The Bertz CT molecular complexity index is 98.6. The van der Waals surface area contributed by atoms with Gasteiger partial charge in [-0.25, -0.2) is 4.79 Å². The molecule has 0 amide bonds. The molecule has 0 heterocycles. The van der Waals surface area contributed by atoms with E-state index >= 15 is 0 Å². The maximum atomic E-state index is 10.3. The summed E-state index contributed by atoms with van der Waals surface area (Å²) in [5.74, 6) is -0.394. The van der Waals surface area contributed by atoms with Crippen molar-refractivity contribution in [2.45, 2.75) is 6.92 Å². The number of esters is 1. The van der Waals surface area contributed by atoms with Gasteiger partial charge in [0.15, 0.2) is 0 Å². The van der Waals surface area contributed by atoms with E-state index in [9.17, 15) is 4.79 Å². The molecule has 0 saturated heterocycles. The van der Waals surface area contributed by atoms with Crippen molar-refractivity contribution in [2.75, 3.05) is 6.61 Å². The number of hydrogen-bond donors (Lipinski definition) is 1. The molecule has 0 aliphatic heterocycles. The number of rotatable bonds is 2. The van der Waals surface area contributed by atoms with Gasteiger partial charge in [0.2, 0.25) is 0 Å². The number of hydrogen-bond acceptors (Lipinski definition) is 3. The zero-order valence-electron chi connectivity index (χ0n) is 4.76. The molecule has 0 unspecified atom stereocenters. The van der Waals surface area contributed by atoms with Gasteiger partial charge in [-0.1, -0.05) is 0 Å². The highest BCUT2D eigenvalue weighted by molar-refractivity contribution is 5.81. The minimum Gasteiger partial charge on any atom is -0.463 e. The van der Waals surface area contributed by atoms with Crippen LogP contribution in [0.1, 0.15) is 6.92 Å². The van der Waals surface area contributed by atoms with Gasteiger partial charge in [-0.05, 0) is 6.92 Å². The highest BCUT2D eigenvalue weighted by atomic mass is 16.5.